The van der Waals surface area contributed by atoms with Gasteiger partial charge in [-0.1, -0.05) is 89.0 Å². The zero-order chi connectivity index (χ0) is 34.2. The predicted octanol–water partition coefficient (Wildman–Crippen LogP) is 8.30. The summed E-state index contributed by atoms with van der Waals surface area (Å²) in [4.78, 5) is 38.2. The molecule has 9 heteroatoms. The third-order valence-corrected chi connectivity index (χ3v) is 7.96. The number of unbranched alkanes of at least 4 members (excludes halogenated alkanes) is 8. The average Bonchev–Trinajstić information content (AvgIpc) is 3.03. The molecule has 0 spiro atoms. The van der Waals surface area contributed by atoms with Crippen LogP contribution in [0.1, 0.15) is 116 Å². The summed E-state index contributed by atoms with van der Waals surface area (Å²) in [5.41, 5.74) is 0.754. The van der Waals surface area contributed by atoms with Crippen LogP contribution in [0.25, 0.3) is 0 Å². The van der Waals surface area contributed by atoms with Gasteiger partial charge in [-0.3, -0.25) is 9.59 Å². The second kappa shape index (κ2) is 23.9. The number of carboxylic acids is 1. The lowest BCUT2D eigenvalue weighted by Crippen LogP contribution is -2.47. The molecule has 46 heavy (non-hydrogen) atoms. The van der Waals surface area contributed by atoms with Gasteiger partial charge in [0, 0.05) is 19.3 Å². The van der Waals surface area contributed by atoms with Crippen LogP contribution in [0.4, 0.5) is 8.78 Å². The topological polar surface area (TPSA) is 102 Å². The number of rotatable bonds is 25. The Balaban J connectivity index is 2.76. The molecule has 0 aliphatic rings. The van der Waals surface area contributed by atoms with Gasteiger partial charge < -0.3 is 19.9 Å². The van der Waals surface area contributed by atoms with Crippen LogP contribution in [-0.4, -0.2) is 48.6 Å². The van der Waals surface area contributed by atoms with Crippen molar-refractivity contribution in [3.63, 3.8) is 0 Å². The molecule has 0 aliphatic heterocycles. The maximum atomic E-state index is 14.1. The van der Waals surface area contributed by atoms with Crippen LogP contribution in [-0.2, 0) is 25.5 Å². The predicted molar refractivity (Wildman–Crippen MR) is 178 cm³/mol. The van der Waals surface area contributed by atoms with Crippen LogP contribution in [0.2, 0.25) is 0 Å². The minimum Gasteiger partial charge on any atom is -0.481 e. The molecule has 258 valence electrons. The summed E-state index contributed by atoms with van der Waals surface area (Å²) in [6.45, 7) is 5.94. The molecule has 0 radical (unpaired) electrons. The maximum absolute atomic E-state index is 14.1. The summed E-state index contributed by atoms with van der Waals surface area (Å²) >= 11 is 0. The van der Waals surface area contributed by atoms with Crippen molar-refractivity contribution in [3.05, 3.63) is 42.0 Å². The lowest BCUT2D eigenvalue weighted by atomic mass is 9.86. The van der Waals surface area contributed by atoms with Crippen LogP contribution in [0.15, 0.2) is 36.4 Å². The molecule has 0 aromatic heterocycles. The minimum atomic E-state index is -2.61. The quantitative estimate of drug-likeness (QED) is 0.0479. The monoisotopic (exact) mass is 647 g/mol. The van der Waals surface area contributed by atoms with E-state index in [1.165, 1.54) is 7.11 Å². The van der Waals surface area contributed by atoms with Crippen molar-refractivity contribution in [2.24, 2.45) is 11.8 Å². The summed E-state index contributed by atoms with van der Waals surface area (Å²) in [6.07, 6.45) is 12.2. The highest BCUT2D eigenvalue weighted by Crippen LogP contribution is 2.29. The van der Waals surface area contributed by atoms with Crippen molar-refractivity contribution in [2.45, 2.75) is 129 Å². The average molecular weight is 648 g/mol. The number of esters is 1. The summed E-state index contributed by atoms with van der Waals surface area (Å²) in [6, 6.07) is 6.04. The van der Waals surface area contributed by atoms with Crippen LogP contribution in [0.3, 0.4) is 0 Å². The summed E-state index contributed by atoms with van der Waals surface area (Å²) < 4.78 is 38.8. The molecule has 0 fully saturated rings. The van der Waals surface area contributed by atoms with Gasteiger partial charge in [-0.05, 0) is 56.7 Å². The number of aliphatic carboxylic acids is 1. The molecule has 3 atom stereocenters. The lowest BCUT2D eigenvalue weighted by Gasteiger charge is -2.23. The Morgan fingerprint density at radius 2 is 1.59 bits per heavy atom. The number of carboxylic acid groups (broad SMARTS) is 1. The fourth-order valence-electron chi connectivity index (χ4n) is 5.28. The Bertz CT molecular complexity index is 1110. The van der Waals surface area contributed by atoms with E-state index in [0.29, 0.717) is 37.9 Å². The van der Waals surface area contributed by atoms with Crippen LogP contribution in [0.5, 0.6) is 5.75 Å². The minimum absolute atomic E-state index is 0.0430. The highest BCUT2D eigenvalue weighted by Gasteiger charge is 2.34. The summed E-state index contributed by atoms with van der Waals surface area (Å²) in [5.74, 6) is -0.676. The second-order valence-corrected chi connectivity index (χ2v) is 11.8. The number of benzene rings is 1. The van der Waals surface area contributed by atoms with Gasteiger partial charge in [0.2, 0.25) is 11.8 Å². The zero-order valence-corrected chi connectivity index (χ0v) is 28.3. The van der Waals surface area contributed by atoms with E-state index in [-0.39, 0.29) is 32.3 Å². The van der Waals surface area contributed by atoms with E-state index in [0.717, 1.165) is 44.1 Å². The first-order valence-corrected chi connectivity index (χ1v) is 16.8. The van der Waals surface area contributed by atoms with Gasteiger partial charge in [-0.25, -0.2) is 13.6 Å². The van der Waals surface area contributed by atoms with Gasteiger partial charge in [0.1, 0.15) is 18.4 Å². The van der Waals surface area contributed by atoms with Crippen LogP contribution < -0.4 is 10.1 Å². The Kier molecular flexibility index (Phi) is 21.1. The zero-order valence-electron chi connectivity index (χ0n) is 28.3. The number of carbonyl (C=O) groups excluding carboxylic acids is 2. The Hall–Kier alpha value is -3.41. The number of amides is 1. The second-order valence-electron chi connectivity index (χ2n) is 11.8. The number of allylic oxidation sites excluding steroid dienone is 1. The van der Waals surface area contributed by atoms with Crippen molar-refractivity contribution < 1.29 is 37.7 Å². The van der Waals surface area contributed by atoms with Gasteiger partial charge in [0.25, 0.3) is 0 Å². The SMILES string of the molecule is CC#CCOc1ccc(C[C@H](NC(=O)[C@@H](/C=C/CCCCCCC(F)(F)CCCCCCC)[C@@H](CCC)C(=O)O)C(=O)OC)cc1. The van der Waals surface area contributed by atoms with E-state index in [4.69, 9.17) is 9.47 Å². The first-order valence-electron chi connectivity index (χ1n) is 16.8. The lowest BCUT2D eigenvalue weighted by molar-refractivity contribution is -0.148. The fourth-order valence-corrected chi connectivity index (χ4v) is 5.28. The highest BCUT2D eigenvalue weighted by atomic mass is 19.3. The molecule has 0 aliphatic carbocycles. The Morgan fingerprint density at radius 3 is 2.15 bits per heavy atom. The van der Waals surface area contributed by atoms with Gasteiger partial charge in [-0.15, -0.1) is 5.92 Å². The number of nitrogens with one attached hydrogen (secondary N) is 1. The van der Waals surface area contributed by atoms with Gasteiger partial charge in [0.05, 0.1) is 18.9 Å². The van der Waals surface area contributed by atoms with Crippen molar-refractivity contribution in [3.8, 4) is 17.6 Å². The van der Waals surface area contributed by atoms with Crippen molar-refractivity contribution in [1.82, 2.24) is 5.32 Å². The largest absolute Gasteiger partial charge is 0.481 e. The normalized spacial score (nSPS) is 13.3. The van der Waals surface area contributed by atoms with Crippen molar-refractivity contribution >= 4 is 17.8 Å². The Morgan fingerprint density at radius 1 is 0.957 bits per heavy atom. The smallest absolute Gasteiger partial charge is 0.328 e. The van der Waals surface area contributed by atoms with Gasteiger partial charge >= 0.3 is 11.9 Å². The molecule has 0 saturated heterocycles. The third-order valence-electron chi connectivity index (χ3n) is 7.96. The number of carbonyl (C=O) groups is 3. The molecular formula is C37H55F2NO6. The molecule has 1 rings (SSSR count). The van der Waals surface area contributed by atoms with E-state index in [2.05, 4.69) is 24.1 Å². The number of hydrogen-bond acceptors (Lipinski definition) is 5. The van der Waals surface area contributed by atoms with Crippen LogP contribution in [0, 0.1) is 23.7 Å². The number of halogens is 2. The molecule has 7 nitrogen and oxygen atoms in total. The van der Waals surface area contributed by atoms with Crippen LogP contribution >= 0.6 is 0 Å². The molecule has 0 saturated carbocycles. The third kappa shape index (κ3) is 17.3. The van der Waals surface area contributed by atoms with E-state index in [1.54, 1.807) is 43.3 Å². The summed E-state index contributed by atoms with van der Waals surface area (Å²) in [7, 11) is 1.23. The summed E-state index contributed by atoms with van der Waals surface area (Å²) in [5, 5.41) is 12.6. The number of alkyl halides is 2. The molecule has 0 unspecified atom stereocenters. The maximum Gasteiger partial charge on any atom is 0.328 e. The molecule has 0 bridgehead atoms. The molecule has 2 N–H and O–H groups in total. The molecule has 1 aromatic carbocycles. The van der Waals surface area contributed by atoms with Gasteiger partial charge in [0.15, 0.2) is 0 Å². The van der Waals surface area contributed by atoms with E-state index in [1.807, 2.05) is 6.92 Å². The van der Waals surface area contributed by atoms with Crippen molar-refractivity contribution in [1.29, 1.82) is 0 Å². The molecular weight excluding hydrogens is 592 g/mol. The van der Waals surface area contributed by atoms with E-state index >= 15 is 0 Å². The first-order chi connectivity index (χ1) is 22.1. The Labute approximate surface area is 274 Å². The van der Waals surface area contributed by atoms with Gasteiger partial charge in [-0.2, -0.15) is 0 Å². The van der Waals surface area contributed by atoms with E-state index in [9.17, 15) is 28.3 Å². The molecule has 1 amide bonds. The highest BCUT2D eigenvalue weighted by molar-refractivity contribution is 5.90. The fraction of sp³-hybridized carbons (Fsp3) is 0.649. The van der Waals surface area contributed by atoms with Crippen molar-refractivity contribution in [2.75, 3.05) is 13.7 Å². The standard InChI is InChI=1S/C37H55F2NO6/c1-5-8-10-14-17-25-37(38,39)26-18-15-12-11-13-16-20-31(32(19-7-3)35(42)43)34(41)40-33(36(44)45-4)28-29-21-23-30(24-22-29)46-27-9-6-2/h16,20-24,31-33H,5,7-8,10-15,17-19,25-28H2,1-4H3,(H,40,41)(H,42,43)/b20-16+/t31-,32+,33-/m0/s1. The first kappa shape index (κ1) is 40.6. The molecule has 1 aromatic rings. The molecule has 0 heterocycles. The number of hydrogen-bond donors (Lipinski definition) is 2. The van der Waals surface area contributed by atoms with E-state index < -0.39 is 41.6 Å². The number of ether oxygens (including phenoxy) is 2. The number of methoxy groups -OCH3 is 1.